The van der Waals surface area contributed by atoms with Crippen LogP contribution in [0.1, 0.15) is 23.3 Å². The molecule has 0 saturated carbocycles. The fraction of sp³-hybridized carbons (Fsp3) is 0.667. The summed E-state index contributed by atoms with van der Waals surface area (Å²) < 4.78 is 1.27. The molecule has 16 heavy (non-hydrogen) atoms. The van der Waals surface area contributed by atoms with Gasteiger partial charge < -0.3 is 10.2 Å². The molecule has 0 unspecified atom stereocenters. The van der Waals surface area contributed by atoms with Crippen molar-refractivity contribution in [1.29, 1.82) is 0 Å². The number of nitrogens with zero attached hydrogens (tertiary/aromatic N) is 1. The average Bonchev–Trinajstić information content (AvgIpc) is 2.85. The van der Waals surface area contributed by atoms with Crippen molar-refractivity contribution in [2.75, 3.05) is 26.2 Å². The summed E-state index contributed by atoms with van der Waals surface area (Å²) >= 11 is 5.40. The highest BCUT2D eigenvalue weighted by atomic mass is 79.9. The summed E-state index contributed by atoms with van der Waals surface area (Å²) in [5.41, 5.74) is 1.35. The maximum Gasteiger partial charge on any atom is 0.0730 e. The van der Waals surface area contributed by atoms with Gasteiger partial charge in [-0.05, 0) is 60.4 Å². The average molecular weight is 303 g/mol. The highest BCUT2D eigenvalue weighted by Gasteiger charge is 2.10. The predicted molar refractivity (Wildman–Crippen MR) is 74.1 cm³/mol. The van der Waals surface area contributed by atoms with Crippen LogP contribution in [0.5, 0.6) is 0 Å². The van der Waals surface area contributed by atoms with Crippen molar-refractivity contribution >= 4 is 27.3 Å². The van der Waals surface area contributed by atoms with E-state index in [1.54, 1.807) is 0 Å². The first-order valence-corrected chi connectivity index (χ1v) is 7.54. The van der Waals surface area contributed by atoms with E-state index in [4.69, 9.17) is 0 Å². The van der Waals surface area contributed by atoms with Crippen LogP contribution >= 0.6 is 27.3 Å². The van der Waals surface area contributed by atoms with Gasteiger partial charge in [-0.2, -0.15) is 0 Å². The Bertz CT molecular complexity index is 312. The largest absolute Gasteiger partial charge is 0.311 e. The number of aryl methyl sites for hydroxylation is 1. The van der Waals surface area contributed by atoms with Crippen LogP contribution in [0.15, 0.2) is 9.85 Å². The molecule has 2 nitrogen and oxygen atoms in total. The zero-order valence-corrected chi connectivity index (χ0v) is 12.2. The molecule has 1 N–H and O–H groups in total. The number of halogens is 1. The van der Waals surface area contributed by atoms with Crippen LogP contribution in [0.4, 0.5) is 0 Å². The van der Waals surface area contributed by atoms with E-state index in [-0.39, 0.29) is 0 Å². The van der Waals surface area contributed by atoms with E-state index < -0.39 is 0 Å². The summed E-state index contributed by atoms with van der Waals surface area (Å²) in [5, 5.41) is 3.52. The van der Waals surface area contributed by atoms with Gasteiger partial charge in [0.2, 0.25) is 0 Å². The van der Waals surface area contributed by atoms with Gasteiger partial charge in [0.05, 0.1) is 3.79 Å². The van der Waals surface area contributed by atoms with Gasteiger partial charge in [-0.1, -0.05) is 0 Å². The molecule has 2 rings (SSSR count). The Morgan fingerprint density at radius 3 is 2.81 bits per heavy atom. The minimum atomic E-state index is 1.00. The van der Waals surface area contributed by atoms with Crippen molar-refractivity contribution in [1.82, 2.24) is 10.2 Å². The molecule has 90 valence electrons. The lowest BCUT2D eigenvalue weighted by molar-refractivity contribution is 0.336. The number of hydrogen-bond donors (Lipinski definition) is 1. The normalized spacial score (nSPS) is 17.1. The second-order valence-corrected chi connectivity index (χ2v) is 6.85. The molecule has 0 aromatic carbocycles. The topological polar surface area (TPSA) is 15.3 Å². The van der Waals surface area contributed by atoms with E-state index in [0.29, 0.717) is 0 Å². The lowest BCUT2D eigenvalue weighted by Gasteiger charge is -2.14. The SMILES string of the molecule is Cc1cc(CNCCN2CCCC2)sc1Br. The summed E-state index contributed by atoms with van der Waals surface area (Å²) in [7, 11) is 0. The molecule has 0 radical (unpaired) electrons. The highest BCUT2D eigenvalue weighted by molar-refractivity contribution is 9.11. The van der Waals surface area contributed by atoms with Crippen LogP contribution in [0.2, 0.25) is 0 Å². The van der Waals surface area contributed by atoms with Crippen molar-refractivity contribution in [3.63, 3.8) is 0 Å². The van der Waals surface area contributed by atoms with Gasteiger partial charge in [0, 0.05) is 24.5 Å². The van der Waals surface area contributed by atoms with Crippen molar-refractivity contribution in [2.24, 2.45) is 0 Å². The Labute approximate surface area is 110 Å². The molecule has 1 fully saturated rings. The van der Waals surface area contributed by atoms with E-state index in [0.717, 1.165) is 13.1 Å². The number of rotatable bonds is 5. The Morgan fingerprint density at radius 1 is 1.44 bits per heavy atom. The molecule has 4 heteroatoms. The van der Waals surface area contributed by atoms with Crippen molar-refractivity contribution < 1.29 is 0 Å². The number of nitrogens with one attached hydrogen (secondary N) is 1. The maximum atomic E-state index is 3.56. The quantitative estimate of drug-likeness (QED) is 0.841. The molecule has 0 atom stereocenters. The van der Waals surface area contributed by atoms with Crippen LogP contribution in [0.25, 0.3) is 0 Å². The standard InChI is InChI=1S/C12H19BrN2S/c1-10-8-11(16-12(10)13)9-14-4-7-15-5-2-3-6-15/h8,14H,2-7,9H2,1H3. The monoisotopic (exact) mass is 302 g/mol. The second-order valence-electron chi connectivity index (χ2n) is 4.39. The first-order chi connectivity index (χ1) is 7.75. The molecule has 2 heterocycles. The zero-order chi connectivity index (χ0) is 11.4. The summed E-state index contributed by atoms with van der Waals surface area (Å²) in [4.78, 5) is 3.97. The van der Waals surface area contributed by atoms with E-state index in [1.165, 1.54) is 46.7 Å². The summed E-state index contributed by atoms with van der Waals surface area (Å²) in [6.45, 7) is 8.05. The molecule has 1 aliphatic heterocycles. The minimum Gasteiger partial charge on any atom is -0.311 e. The number of thiophene rings is 1. The zero-order valence-electron chi connectivity index (χ0n) is 9.76. The number of likely N-dealkylation sites (tertiary alicyclic amines) is 1. The molecular formula is C12H19BrN2S. The Balaban J connectivity index is 1.64. The van der Waals surface area contributed by atoms with Gasteiger partial charge in [0.1, 0.15) is 0 Å². The molecule has 0 spiro atoms. The Morgan fingerprint density at radius 2 is 2.19 bits per heavy atom. The maximum absolute atomic E-state index is 3.56. The lowest BCUT2D eigenvalue weighted by atomic mass is 10.3. The molecular weight excluding hydrogens is 284 g/mol. The van der Waals surface area contributed by atoms with Gasteiger partial charge in [-0.3, -0.25) is 0 Å². The van der Waals surface area contributed by atoms with E-state index in [9.17, 15) is 0 Å². The van der Waals surface area contributed by atoms with Crippen LogP contribution in [-0.4, -0.2) is 31.1 Å². The molecule has 1 aromatic heterocycles. The van der Waals surface area contributed by atoms with Crippen LogP contribution in [-0.2, 0) is 6.54 Å². The van der Waals surface area contributed by atoms with E-state index in [1.807, 2.05) is 11.3 Å². The molecule has 0 aliphatic carbocycles. The van der Waals surface area contributed by atoms with E-state index >= 15 is 0 Å². The lowest BCUT2D eigenvalue weighted by Crippen LogP contribution is -2.29. The molecule has 1 aromatic rings. The summed E-state index contributed by atoms with van der Waals surface area (Å²) in [6.07, 6.45) is 2.77. The highest BCUT2D eigenvalue weighted by Crippen LogP contribution is 2.26. The van der Waals surface area contributed by atoms with Gasteiger partial charge in [-0.15, -0.1) is 11.3 Å². The summed E-state index contributed by atoms with van der Waals surface area (Å²) in [5.74, 6) is 0. The van der Waals surface area contributed by atoms with Gasteiger partial charge >= 0.3 is 0 Å². The van der Waals surface area contributed by atoms with Crippen molar-refractivity contribution in [3.05, 3.63) is 20.3 Å². The van der Waals surface area contributed by atoms with Crippen LogP contribution in [0, 0.1) is 6.92 Å². The van der Waals surface area contributed by atoms with Crippen molar-refractivity contribution in [3.8, 4) is 0 Å². The van der Waals surface area contributed by atoms with Gasteiger partial charge in [-0.25, -0.2) is 0 Å². The van der Waals surface area contributed by atoms with Crippen LogP contribution < -0.4 is 5.32 Å². The van der Waals surface area contributed by atoms with Gasteiger partial charge in [0.15, 0.2) is 0 Å². The summed E-state index contributed by atoms with van der Waals surface area (Å²) in [6, 6.07) is 2.26. The predicted octanol–water partition coefficient (Wildman–Crippen LogP) is 3.00. The third kappa shape index (κ3) is 3.55. The van der Waals surface area contributed by atoms with Gasteiger partial charge in [0.25, 0.3) is 0 Å². The first-order valence-electron chi connectivity index (χ1n) is 5.93. The Hall–Kier alpha value is 0.100. The Kier molecular flexibility index (Phi) is 4.82. The first kappa shape index (κ1) is 12.6. The van der Waals surface area contributed by atoms with Crippen molar-refractivity contribution in [2.45, 2.75) is 26.3 Å². The fourth-order valence-corrected chi connectivity index (χ4v) is 3.66. The third-order valence-electron chi connectivity index (χ3n) is 3.01. The molecule has 0 bridgehead atoms. The van der Waals surface area contributed by atoms with E-state index in [2.05, 4.69) is 39.1 Å². The smallest absolute Gasteiger partial charge is 0.0730 e. The third-order valence-corrected chi connectivity index (χ3v) is 5.15. The second kappa shape index (κ2) is 6.15. The molecule has 1 saturated heterocycles. The number of hydrogen-bond acceptors (Lipinski definition) is 3. The minimum absolute atomic E-state index is 1.00. The molecule has 0 amide bonds. The van der Waals surface area contributed by atoms with Crippen LogP contribution in [0.3, 0.4) is 0 Å². The fourth-order valence-electron chi connectivity index (χ4n) is 2.07. The molecule has 1 aliphatic rings.